The van der Waals surface area contributed by atoms with Crippen molar-refractivity contribution in [1.29, 1.82) is 5.26 Å². The summed E-state index contributed by atoms with van der Waals surface area (Å²) in [5.41, 5.74) is 1.21. The van der Waals surface area contributed by atoms with Crippen LogP contribution in [0.5, 0.6) is 0 Å². The van der Waals surface area contributed by atoms with Crippen LogP contribution in [0.4, 0.5) is 0 Å². The Morgan fingerprint density at radius 1 is 1.61 bits per heavy atom. The van der Waals surface area contributed by atoms with Gasteiger partial charge in [0.05, 0.1) is 13.7 Å². The lowest BCUT2D eigenvalue weighted by Crippen LogP contribution is -2.35. The summed E-state index contributed by atoms with van der Waals surface area (Å²) < 4.78 is 4.66. The van der Waals surface area contributed by atoms with E-state index >= 15 is 0 Å². The first-order valence-electron chi connectivity index (χ1n) is 5.73. The molecule has 0 aromatic carbocycles. The molecule has 0 atom stereocenters. The molecule has 18 heavy (non-hydrogen) atoms. The minimum Gasteiger partial charge on any atom is -0.468 e. The molecule has 0 radical (unpaired) electrons. The Hall–Kier alpha value is -1.93. The van der Waals surface area contributed by atoms with Gasteiger partial charge in [-0.25, -0.2) is 4.98 Å². The summed E-state index contributed by atoms with van der Waals surface area (Å²) in [6.45, 7) is 4.69. The molecule has 1 heterocycles. The van der Waals surface area contributed by atoms with Gasteiger partial charge in [-0.3, -0.25) is 9.69 Å². The fourth-order valence-corrected chi connectivity index (χ4v) is 1.54. The molecule has 0 saturated carbocycles. The van der Waals surface area contributed by atoms with Crippen molar-refractivity contribution in [3.63, 3.8) is 0 Å². The van der Waals surface area contributed by atoms with Gasteiger partial charge < -0.3 is 4.74 Å². The van der Waals surface area contributed by atoms with Crippen molar-refractivity contribution in [1.82, 2.24) is 9.88 Å². The van der Waals surface area contributed by atoms with Crippen LogP contribution in [0.3, 0.4) is 0 Å². The molecule has 0 amide bonds. The van der Waals surface area contributed by atoms with E-state index in [1.165, 1.54) is 7.11 Å². The standard InChI is InChI=1S/C13H17N3O2/c1-10(2)16(9-13(17)18-3)8-11-5-4-6-15-12(11)7-14/h4-6,10H,8-9H2,1-3H3. The third kappa shape index (κ3) is 3.82. The summed E-state index contributed by atoms with van der Waals surface area (Å²) in [7, 11) is 1.37. The second kappa shape index (κ2) is 6.72. The average Bonchev–Trinajstić information content (AvgIpc) is 2.38. The highest BCUT2D eigenvalue weighted by Gasteiger charge is 2.16. The molecule has 5 heteroatoms. The lowest BCUT2D eigenvalue weighted by atomic mass is 10.1. The van der Waals surface area contributed by atoms with Gasteiger partial charge in [0.15, 0.2) is 0 Å². The number of carbonyl (C=O) groups excluding carboxylic acids is 1. The Kier molecular flexibility index (Phi) is 5.28. The first kappa shape index (κ1) is 14.1. The van der Waals surface area contributed by atoms with Crippen LogP contribution < -0.4 is 0 Å². The summed E-state index contributed by atoms with van der Waals surface area (Å²) >= 11 is 0. The zero-order valence-electron chi connectivity index (χ0n) is 10.9. The number of carbonyl (C=O) groups is 1. The second-order valence-corrected chi connectivity index (χ2v) is 4.20. The second-order valence-electron chi connectivity index (χ2n) is 4.20. The van der Waals surface area contributed by atoms with Crippen LogP contribution in [-0.4, -0.2) is 35.5 Å². The van der Waals surface area contributed by atoms with Crippen molar-refractivity contribution in [2.45, 2.75) is 26.4 Å². The zero-order valence-corrected chi connectivity index (χ0v) is 10.9. The molecule has 0 bridgehead atoms. The quantitative estimate of drug-likeness (QED) is 0.734. The van der Waals surface area contributed by atoms with Gasteiger partial charge in [-0.2, -0.15) is 5.26 Å². The Morgan fingerprint density at radius 3 is 2.89 bits per heavy atom. The van der Waals surface area contributed by atoms with Gasteiger partial charge in [-0.15, -0.1) is 0 Å². The monoisotopic (exact) mass is 247 g/mol. The first-order valence-corrected chi connectivity index (χ1v) is 5.73. The molecule has 0 spiro atoms. The van der Waals surface area contributed by atoms with Crippen LogP contribution in [0.25, 0.3) is 0 Å². The van der Waals surface area contributed by atoms with E-state index in [0.29, 0.717) is 12.2 Å². The number of pyridine rings is 1. The molecule has 1 aromatic heterocycles. The molecule has 96 valence electrons. The van der Waals surface area contributed by atoms with E-state index in [0.717, 1.165) is 5.56 Å². The van der Waals surface area contributed by atoms with Crippen molar-refractivity contribution in [3.05, 3.63) is 29.6 Å². The molecule has 0 N–H and O–H groups in total. The van der Waals surface area contributed by atoms with Crippen LogP contribution >= 0.6 is 0 Å². The van der Waals surface area contributed by atoms with Crippen LogP contribution in [0, 0.1) is 11.3 Å². The minimum atomic E-state index is -0.286. The third-order valence-electron chi connectivity index (χ3n) is 2.66. The van der Waals surface area contributed by atoms with Crippen molar-refractivity contribution in [2.75, 3.05) is 13.7 Å². The fraction of sp³-hybridized carbons (Fsp3) is 0.462. The van der Waals surface area contributed by atoms with Crippen molar-refractivity contribution < 1.29 is 9.53 Å². The Balaban J connectivity index is 2.84. The molecular weight excluding hydrogens is 230 g/mol. The summed E-state index contributed by atoms with van der Waals surface area (Å²) in [4.78, 5) is 17.3. The van der Waals surface area contributed by atoms with E-state index in [2.05, 4.69) is 15.8 Å². The molecule has 5 nitrogen and oxygen atoms in total. The van der Waals surface area contributed by atoms with Gasteiger partial charge in [-0.05, 0) is 19.9 Å². The molecular formula is C13H17N3O2. The molecule has 0 aliphatic rings. The first-order chi connectivity index (χ1) is 8.58. The third-order valence-corrected chi connectivity index (χ3v) is 2.66. The van der Waals surface area contributed by atoms with Gasteiger partial charge >= 0.3 is 5.97 Å². The fourth-order valence-electron chi connectivity index (χ4n) is 1.54. The van der Waals surface area contributed by atoms with E-state index in [1.54, 1.807) is 12.3 Å². The van der Waals surface area contributed by atoms with E-state index in [-0.39, 0.29) is 18.6 Å². The van der Waals surface area contributed by atoms with Crippen molar-refractivity contribution in [3.8, 4) is 6.07 Å². The van der Waals surface area contributed by atoms with Crippen LogP contribution in [0.2, 0.25) is 0 Å². The van der Waals surface area contributed by atoms with Gasteiger partial charge in [0.25, 0.3) is 0 Å². The van der Waals surface area contributed by atoms with Gasteiger partial charge in [-0.1, -0.05) is 6.07 Å². The van der Waals surface area contributed by atoms with E-state index < -0.39 is 0 Å². The van der Waals surface area contributed by atoms with Crippen molar-refractivity contribution >= 4 is 5.97 Å². The highest BCUT2D eigenvalue weighted by molar-refractivity contribution is 5.71. The molecule has 0 unspecified atom stereocenters. The van der Waals surface area contributed by atoms with Gasteiger partial charge in [0, 0.05) is 24.3 Å². The number of aromatic nitrogens is 1. The number of hydrogen-bond acceptors (Lipinski definition) is 5. The predicted octanol–water partition coefficient (Wildman–Crippen LogP) is 1.34. The molecule has 1 aromatic rings. The molecule has 0 aliphatic heterocycles. The van der Waals surface area contributed by atoms with E-state index in [9.17, 15) is 4.79 Å². The lowest BCUT2D eigenvalue weighted by molar-refractivity contribution is -0.142. The Bertz CT molecular complexity index is 452. The number of hydrogen-bond donors (Lipinski definition) is 0. The SMILES string of the molecule is COC(=O)CN(Cc1cccnc1C#N)C(C)C. The average molecular weight is 247 g/mol. The Labute approximate surface area is 107 Å². The summed E-state index contributed by atoms with van der Waals surface area (Å²) in [5.74, 6) is -0.286. The highest BCUT2D eigenvalue weighted by atomic mass is 16.5. The Morgan fingerprint density at radius 2 is 2.33 bits per heavy atom. The number of esters is 1. The smallest absolute Gasteiger partial charge is 0.319 e. The van der Waals surface area contributed by atoms with E-state index in [1.807, 2.05) is 24.8 Å². The van der Waals surface area contributed by atoms with Crippen LogP contribution in [0.1, 0.15) is 25.1 Å². The van der Waals surface area contributed by atoms with Gasteiger partial charge in [0.1, 0.15) is 11.8 Å². The highest BCUT2D eigenvalue weighted by Crippen LogP contribution is 2.10. The topological polar surface area (TPSA) is 66.2 Å². The number of ether oxygens (including phenoxy) is 1. The molecule has 0 fully saturated rings. The van der Waals surface area contributed by atoms with E-state index in [4.69, 9.17) is 5.26 Å². The maximum Gasteiger partial charge on any atom is 0.319 e. The maximum absolute atomic E-state index is 11.3. The summed E-state index contributed by atoms with van der Waals surface area (Å²) in [6, 6.07) is 5.86. The number of rotatable bonds is 5. The lowest BCUT2D eigenvalue weighted by Gasteiger charge is -2.25. The summed E-state index contributed by atoms with van der Waals surface area (Å²) in [5, 5.41) is 8.98. The van der Waals surface area contributed by atoms with Gasteiger partial charge in [0.2, 0.25) is 0 Å². The largest absolute Gasteiger partial charge is 0.468 e. The predicted molar refractivity (Wildman–Crippen MR) is 66.5 cm³/mol. The van der Waals surface area contributed by atoms with Crippen molar-refractivity contribution in [2.24, 2.45) is 0 Å². The number of nitriles is 1. The zero-order chi connectivity index (χ0) is 13.5. The van der Waals surface area contributed by atoms with Crippen LogP contribution in [0.15, 0.2) is 18.3 Å². The molecule has 0 saturated heterocycles. The normalized spacial score (nSPS) is 10.4. The van der Waals surface area contributed by atoms with Crippen LogP contribution in [-0.2, 0) is 16.1 Å². The number of nitrogens with zero attached hydrogens (tertiary/aromatic N) is 3. The maximum atomic E-state index is 11.3. The minimum absolute atomic E-state index is 0.177. The summed E-state index contributed by atoms with van der Waals surface area (Å²) in [6.07, 6.45) is 1.59. The molecule has 1 rings (SSSR count). The number of methoxy groups -OCH3 is 1. The molecule has 0 aliphatic carbocycles.